The molecule has 7 heteroatoms. The second-order valence-corrected chi connectivity index (χ2v) is 7.31. The number of anilines is 1. The highest BCUT2D eigenvalue weighted by Gasteiger charge is 2.27. The molecule has 1 aliphatic rings. The van der Waals surface area contributed by atoms with Gasteiger partial charge < -0.3 is 9.69 Å². The van der Waals surface area contributed by atoms with E-state index >= 15 is 0 Å². The molecule has 0 aliphatic carbocycles. The lowest BCUT2D eigenvalue weighted by atomic mass is 10.1. The number of benzene rings is 1. The number of carbonyl (C=O) groups excluding carboxylic acids is 1. The number of hydrogen-bond donors (Lipinski definition) is 0. The molecule has 0 fully saturated rings. The highest BCUT2D eigenvalue weighted by Crippen LogP contribution is 2.36. The Balaban J connectivity index is 1.75. The Hall–Kier alpha value is -2.70. The zero-order valence-electron chi connectivity index (χ0n) is 14.2. The largest absolute Gasteiger partial charge is 0.316 e. The SMILES string of the molecule is O=CC1N=C(N(Cc2cccnc2)c2ccc(Cl)cc2)Sc2ncccc21. The van der Waals surface area contributed by atoms with Crippen LogP contribution in [0, 0.1) is 0 Å². The molecule has 5 nitrogen and oxygen atoms in total. The molecule has 1 aromatic carbocycles. The summed E-state index contributed by atoms with van der Waals surface area (Å²) in [7, 11) is 0. The Bertz CT molecular complexity index is 979. The Morgan fingerprint density at radius 1 is 1.11 bits per heavy atom. The van der Waals surface area contributed by atoms with Crippen molar-refractivity contribution in [2.75, 3.05) is 4.90 Å². The van der Waals surface area contributed by atoms with Gasteiger partial charge in [-0.25, -0.2) is 9.98 Å². The van der Waals surface area contributed by atoms with Crippen molar-refractivity contribution in [3.05, 3.63) is 83.3 Å². The van der Waals surface area contributed by atoms with Crippen molar-refractivity contribution in [2.45, 2.75) is 17.6 Å². The molecule has 4 rings (SSSR count). The maximum absolute atomic E-state index is 11.6. The van der Waals surface area contributed by atoms with Gasteiger partial charge in [-0.15, -0.1) is 0 Å². The molecule has 3 heterocycles. The minimum Gasteiger partial charge on any atom is -0.316 e. The first-order chi connectivity index (χ1) is 13.2. The lowest BCUT2D eigenvalue weighted by molar-refractivity contribution is -0.109. The minimum atomic E-state index is -0.561. The third-order valence-corrected chi connectivity index (χ3v) is 5.41. The highest BCUT2D eigenvalue weighted by molar-refractivity contribution is 8.14. The number of nitrogens with zero attached hydrogens (tertiary/aromatic N) is 4. The average molecular weight is 395 g/mol. The highest BCUT2D eigenvalue weighted by atomic mass is 35.5. The summed E-state index contributed by atoms with van der Waals surface area (Å²) in [5, 5.41) is 2.17. The number of carbonyl (C=O) groups is 1. The molecule has 0 N–H and O–H groups in total. The van der Waals surface area contributed by atoms with Crippen molar-refractivity contribution in [1.82, 2.24) is 9.97 Å². The van der Waals surface area contributed by atoms with Crippen LogP contribution in [0.3, 0.4) is 0 Å². The van der Waals surface area contributed by atoms with Gasteiger partial charge in [0.05, 0.1) is 6.54 Å². The summed E-state index contributed by atoms with van der Waals surface area (Å²) < 4.78 is 0. The maximum Gasteiger partial charge on any atom is 0.171 e. The number of aldehydes is 1. The molecule has 1 aliphatic heterocycles. The molecule has 0 saturated heterocycles. The number of rotatable bonds is 4. The number of fused-ring (bicyclic) bond motifs is 1. The summed E-state index contributed by atoms with van der Waals surface area (Å²) >= 11 is 7.51. The van der Waals surface area contributed by atoms with E-state index in [-0.39, 0.29) is 0 Å². The average Bonchev–Trinajstić information content (AvgIpc) is 2.72. The van der Waals surface area contributed by atoms with Gasteiger partial charge in [-0.05, 0) is 53.7 Å². The van der Waals surface area contributed by atoms with Crippen LogP contribution in [0.2, 0.25) is 5.02 Å². The van der Waals surface area contributed by atoms with Crippen LogP contribution in [0.25, 0.3) is 0 Å². The van der Waals surface area contributed by atoms with Gasteiger partial charge in [0.1, 0.15) is 17.4 Å². The molecule has 3 aromatic rings. The maximum atomic E-state index is 11.6. The van der Waals surface area contributed by atoms with Crippen LogP contribution in [0.4, 0.5) is 5.69 Å². The zero-order chi connectivity index (χ0) is 18.6. The first-order valence-corrected chi connectivity index (χ1v) is 9.52. The summed E-state index contributed by atoms with van der Waals surface area (Å²) in [5.41, 5.74) is 2.79. The van der Waals surface area contributed by atoms with Crippen LogP contribution in [0.5, 0.6) is 0 Å². The molecule has 27 heavy (non-hydrogen) atoms. The minimum absolute atomic E-state index is 0.561. The van der Waals surface area contributed by atoms with E-state index in [9.17, 15) is 4.79 Å². The molecular weight excluding hydrogens is 380 g/mol. The Labute approximate surface area is 166 Å². The molecular formula is C20H15ClN4OS. The molecule has 134 valence electrons. The molecule has 2 aromatic heterocycles. The summed E-state index contributed by atoms with van der Waals surface area (Å²) in [6, 6.07) is 14.6. The standard InChI is InChI=1S/C20H15ClN4OS/c21-15-5-7-16(8-6-15)25(12-14-3-1-9-22-11-14)20-24-18(13-26)17-4-2-10-23-19(17)27-20/h1-11,13,18H,12H2. The lowest BCUT2D eigenvalue weighted by Gasteiger charge is -2.29. The summed E-state index contributed by atoms with van der Waals surface area (Å²) in [5.74, 6) is 0. The fraction of sp³-hybridized carbons (Fsp3) is 0.100. The topological polar surface area (TPSA) is 58.5 Å². The van der Waals surface area contributed by atoms with Crippen LogP contribution < -0.4 is 4.90 Å². The molecule has 0 amide bonds. The van der Waals surface area contributed by atoms with Crippen molar-refractivity contribution >= 4 is 40.5 Å². The van der Waals surface area contributed by atoms with E-state index in [4.69, 9.17) is 11.6 Å². The van der Waals surface area contributed by atoms with Gasteiger partial charge in [-0.2, -0.15) is 0 Å². The van der Waals surface area contributed by atoms with Crippen LogP contribution in [0.15, 0.2) is 77.1 Å². The Morgan fingerprint density at radius 2 is 1.93 bits per heavy atom. The first kappa shape index (κ1) is 17.7. The van der Waals surface area contributed by atoms with E-state index in [0.717, 1.165) is 28.1 Å². The van der Waals surface area contributed by atoms with E-state index < -0.39 is 6.04 Å². The summed E-state index contributed by atoms with van der Waals surface area (Å²) in [6.45, 7) is 0.565. The van der Waals surface area contributed by atoms with E-state index in [0.29, 0.717) is 16.7 Å². The molecule has 0 bridgehead atoms. The predicted molar refractivity (Wildman–Crippen MR) is 108 cm³/mol. The quantitative estimate of drug-likeness (QED) is 0.608. The third kappa shape index (κ3) is 3.86. The summed E-state index contributed by atoms with van der Waals surface area (Å²) in [4.78, 5) is 27.0. The van der Waals surface area contributed by atoms with Crippen LogP contribution in [0.1, 0.15) is 17.2 Å². The molecule has 1 atom stereocenters. The second kappa shape index (κ2) is 7.90. The van der Waals surface area contributed by atoms with Gasteiger partial charge in [0, 0.05) is 34.9 Å². The van der Waals surface area contributed by atoms with E-state index in [2.05, 4.69) is 15.0 Å². The summed E-state index contributed by atoms with van der Waals surface area (Å²) in [6.07, 6.45) is 6.14. The third-order valence-electron chi connectivity index (χ3n) is 4.12. The second-order valence-electron chi connectivity index (χ2n) is 5.92. The van der Waals surface area contributed by atoms with Gasteiger partial charge in [0.15, 0.2) is 5.17 Å². The number of halogens is 1. The number of amidine groups is 1. The Morgan fingerprint density at radius 3 is 2.67 bits per heavy atom. The van der Waals surface area contributed by atoms with Gasteiger partial charge in [0.2, 0.25) is 0 Å². The Kier molecular flexibility index (Phi) is 5.18. The smallest absolute Gasteiger partial charge is 0.171 e. The fourth-order valence-corrected chi connectivity index (χ4v) is 3.97. The monoisotopic (exact) mass is 394 g/mol. The molecule has 1 unspecified atom stereocenters. The first-order valence-electron chi connectivity index (χ1n) is 8.32. The number of aromatic nitrogens is 2. The normalized spacial score (nSPS) is 15.6. The van der Waals surface area contributed by atoms with Crippen molar-refractivity contribution in [2.24, 2.45) is 4.99 Å². The number of aliphatic imine (C=N–C) groups is 1. The lowest BCUT2D eigenvalue weighted by Crippen LogP contribution is -2.30. The zero-order valence-corrected chi connectivity index (χ0v) is 15.8. The van der Waals surface area contributed by atoms with Gasteiger partial charge in [0.25, 0.3) is 0 Å². The van der Waals surface area contributed by atoms with Crippen LogP contribution in [-0.2, 0) is 11.3 Å². The predicted octanol–water partition coefficient (Wildman–Crippen LogP) is 4.54. The molecule has 0 saturated carbocycles. The molecule has 0 spiro atoms. The van der Waals surface area contributed by atoms with Gasteiger partial charge in [-0.3, -0.25) is 4.98 Å². The number of thioether (sulfide) groups is 1. The van der Waals surface area contributed by atoms with Crippen molar-refractivity contribution in [1.29, 1.82) is 0 Å². The van der Waals surface area contributed by atoms with Gasteiger partial charge in [-0.1, -0.05) is 23.7 Å². The van der Waals surface area contributed by atoms with Crippen molar-refractivity contribution < 1.29 is 4.79 Å². The van der Waals surface area contributed by atoms with Gasteiger partial charge >= 0.3 is 0 Å². The molecule has 0 radical (unpaired) electrons. The van der Waals surface area contributed by atoms with Crippen LogP contribution in [-0.4, -0.2) is 21.4 Å². The van der Waals surface area contributed by atoms with Crippen LogP contribution >= 0.6 is 23.4 Å². The number of hydrogen-bond acceptors (Lipinski definition) is 6. The fourth-order valence-electron chi connectivity index (χ4n) is 2.81. The van der Waals surface area contributed by atoms with Crippen molar-refractivity contribution in [3.63, 3.8) is 0 Å². The van der Waals surface area contributed by atoms with E-state index in [1.54, 1.807) is 12.4 Å². The van der Waals surface area contributed by atoms with Crippen molar-refractivity contribution in [3.8, 4) is 0 Å². The number of pyridine rings is 2. The van der Waals surface area contributed by atoms with E-state index in [1.807, 2.05) is 59.6 Å². The van der Waals surface area contributed by atoms with E-state index in [1.165, 1.54) is 11.8 Å².